The number of nitrogens with one attached hydrogen (secondary N) is 2. The van der Waals surface area contributed by atoms with Crippen LogP contribution in [0.4, 0.5) is 4.39 Å². The lowest BCUT2D eigenvalue weighted by Crippen LogP contribution is -2.33. The van der Waals surface area contributed by atoms with Crippen LogP contribution in [-0.2, 0) is 11.3 Å². The smallest absolute Gasteiger partial charge is 0.277 e. The molecule has 0 atom stereocenters. The summed E-state index contributed by atoms with van der Waals surface area (Å²) in [7, 11) is 0. The molecule has 2 aromatic rings. The Hall–Kier alpha value is -2.42. The van der Waals surface area contributed by atoms with Gasteiger partial charge < -0.3 is 15.1 Å². The molecule has 7 nitrogen and oxygen atoms in total. The minimum absolute atomic E-state index is 0.0498. The van der Waals surface area contributed by atoms with Crippen LogP contribution >= 0.6 is 11.8 Å². The van der Waals surface area contributed by atoms with Crippen molar-refractivity contribution in [2.75, 3.05) is 5.75 Å². The van der Waals surface area contributed by atoms with E-state index in [4.69, 9.17) is 4.42 Å². The second-order valence-electron chi connectivity index (χ2n) is 5.99. The predicted molar refractivity (Wildman–Crippen MR) is 93.0 cm³/mol. The number of hydrogen-bond acceptors (Lipinski definition) is 6. The molecule has 1 saturated carbocycles. The van der Waals surface area contributed by atoms with E-state index in [0.717, 1.165) is 37.4 Å². The fourth-order valence-corrected chi connectivity index (χ4v) is 3.29. The molecule has 0 aliphatic heterocycles. The first kappa shape index (κ1) is 18.4. The summed E-state index contributed by atoms with van der Waals surface area (Å²) in [6, 6.07) is 5.49. The number of nitrogens with zero attached hydrogens (tertiary/aromatic N) is 2. The van der Waals surface area contributed by atoms with Crippen LogP contribution in [0.25, 0.3) is 0 Å². The van der Waals surface area contributed by atoms with Gasteiger partial charge in [0.15, 0.2) is 0 Å². The number of rotatable bonds is 7. The lowest BCUT2D eigenvalue weighted by Gasteiger charge is -2.10. The largest absolute Gasteiger partial charge is 0.414 e. The SMILES string of the molecule is O=C(CSc1nnc(CNC(=O)c2ccc(F)cc2)o1)NC1CCCC1. The van der Waals surface area contributed by atoms with Crippen molar-refractivity contribution in [1.29, 1.82) is 0 Å². The highest BCUT2D eigenvalue weighted by atomic mass is 32.2. The molecular weight excluding hydrogens is 359 g/mol. The Bertz CT molecular complexity index is 760. The van der Waals surface area contributed by atoms with Crippen LogP contribution < -0.4 is 10.6 Å². The van der Waals surface area contributed by atoms with E-state index in [1.807, 2.05) is 0 Å². The first-order valence-corrected chi connectivity index (χ1v) is 9.37. The van der Waals surface area contributed by atoms with Crippen LogP contribution in [0.3, 0.4) is 0 Å². The second kappa shape index (κ2) is 8.79. The molecule has 0 bridgehead atoms. The average Bonchev–Trinajstić information content (AvgIpc) is 3.30. The lowest BCUT2D eigenvalue weighted by atomic mass is 10.2. The summed E-state index contributed by atoms with van der Waals surface area (Å²) in [4.78, 5) is 23.8. The molecule has 0 spiro atoms. The van der Waals surface area contributed by atoms with Gasteiger partial charge in [-0.2, -0.15) is 0 Å². The van der Waals surface area contributed by atoms with Crippen molar-refractivity contribution in [2.24, 2.45) is 0 Å². The van der Waals surface area contributed by atoms with Crippen LogP contribution in [0.2, 0.25) is 0 Å². The van der Waals surface area contributed by atoms with Crippen molar-refractivity contribution in [3.8, 4) is 0 Å². The maximum Gasteiger partial charge on any atom is 0.277 e. The molecule has 1 heterocycles. The Morgan fingerprint density at radius 3 is 2.65 bits per heavy atom. The first-order valence-electron chi connectivity index (χ1n) is 8.38. The van der Waals surface area contributed by atoms with Gasteiger partial charge in [-0.25, -0.2) is 4.39 Å². The molecule has 1 aromatic carbocycles. The van der Waals surface area contributed by atoms with Crippen molar-refractivity contribution < 1.29 is 18.4 Å². The van der Waals surface area contributed by atoms with E-state index in [-0.39, 0.29) is 41.3 Å². The van der Waals surface area contributed by atoms with Gasteiger partial charge in [0.1, 0.15) is 5.82 Å². The topological polar surface area (TPSA) is 97.1 Å². The number of halogens is 1. The first-order chi connectivity index (χ1) is 12.6. The zero-order valence-electron chi connectivity index (χ0n) is 14.0. The van der Waals surface area contributed by atoms with E-state index in [1.54, 1.807) is 0 Å². The summed E-state index contributed by atoms with van der Waals surface area (Å²) in [6.45, 7) is 0.0536. The predicted octanol–water partition coefficient (Wildman–Crippen LogP) is 2.29. The van der Waals surface area contributed by atoms with Crippen molar-refractivity contribution in [3.63, 3.8) is 0 Å². The van der Waals surface area contributed by atoms with Crippen LogP contribution in [0.15, 0.2) is 33.9 Å². The molecule has 2 N–H and O–H groups in total. The molecule has 0 unspecified atom stereocenters. The van der Waals surface area contributed by atoms with E-state index >= 15 is 0 Å². The molecule has 1 fully saturated rings. The van der Waals surface area contributed by atoms with Crippen molar-refractivity contribution in [3.05, 3.63) is 41.5 Å². The molecule has 2 amide bonds. The van der Waals surface area contributed by atoms with Gasteiger partial charge in [-0.15, -0.1) is 10.2 Å². The molecule has 0 saturated heterocycles. The highest BCUT2D eigenvalue weighted by Crippen LogP contribution is 2.19. The van der Waals surface area contributed by atoms with Crippen LogP contribution in [0.5, 0.6) is 0 Å². The summed E-state index contributed by atoms with van der Waals surface area (Å²) < 4.78 is 18.2. The van der Waals surface area contributed by atoms with Gasteiger partial charge in [-0.1, -0.05) is 24.6 Å². The Kier molecular flexibility index (Phi) is 6.21. The number of carbonyl (C=O) groups is 2. The minimum Gasteiger partial charge on any atom is -0.414 e. The lowest BCUT2D eigenvalue weighted by molar-refractivity contribution is -0.119. The quantitative estimate of drug-likeness (QED) is 0.718. The van der Waals surface area contributed by atoms with E-state index in [9.17, 15) is 14.0 Å². The van der Waals surface area contributed by atoms with E-state index < -0.39 is 5.82 Å². The van der Waals surface area contributed by atoms with Gasteiger partial charge in [0.2, 0.25) is 11.8 Å². The summed E-state index contributed by atoms with van der Waals surface area (Å²) in [5.41, 5.74) is 0.337. The zero-order valence-corrected chi connectivity index (χ0v) is 14.9. The highest BCUT2D eigenvalue weighted by molar-refractivity contribution is 7.99. The summed E-state index contributed by atoms with van der Waals surface area (Å²) in [5, 5.41) is 13.6. The summed E-state index contributed by atoms with van der Waals surface area (Å²) >= 11 is 1.16. The molecule has 1 aromatic heterocycles. The fourth-order valence-electron chi connectivity index (χ4n) is 2.69. The maximum absolute atomic E-state index is 12.9. The molecular formula is C17H19FN4O3S. The Labute approximate surface area is 154 Å². The molecule has 138 valence electrons. The molecule has 1 aliphatic carbocycles. The van der Waals surface area contributed by atoms with Crippen molar-refractivity contribution in [1.82, 2.24) is 20.8 Å². The Morgan fingerprint density at radius 2 is 1.92 bits per heavy atom. The monoisotopic (exact) mass is 378 g/mol. The summed E-state index contributed by atoms with van der Waals surface area (Å²) in [5.74, 6) is -0.379. The van der Waals surface area contributed by atoms with Gasteiger partial charge >= 0.3 is 0 Å². The molecule has 26 heavy (non-hydrogen) atoms. The van der Waals surface area contributed by atoms with Crippen molar-refractivity contribution in [2.45, 2.75) is 43.5 Å². The number of amides is 2. The highest BCUT2D eigenvalue weighted by Gasteiger charge is 2.18. The average molecular weight is 378 g/mol. The Morgan fingerprint density at radius 1 is 1.19 bits per heavy atom. The molecule has 3 rings (SSSR count). The number of thioether (sulfide) groups is 1. The fraction of sp³-hybridized carbons (Fsp3) is 0.412. The van der Waals surface area contributed by atoms with Gasteiger partial charge in [-0.3, -0.25) is 9.59 Å². The maximum atomic E-state index is 12.9. The normalized spacial score (nSPS) is 14.3. The van der Waals surface area contributed by atoms with Gasteiger partial charge in [0.25, 0.3) is 11.1 Å². The number of hydrogen-bond donors (Lipinski definition) is 2. The number of carbonyl (C=O) groups excluding carboxylic acids is 2. The minimum atomic E-state index is -0.405. The second-order valence-corrected chi connectivity index (χ2v) is 6.92. The molecule has 9 heteroatoms. The van der Waals surface area contributed by atoms with Gasteiger partial charge in [0, 0.05) is 11.6 Å². The van der Waals surface area contributed by atoms with E-state index in [0.29, 0.717) is 5.56 Å². The third-order valence-corrected chi connectivity index (χ3v) is 4.82. The van der Waals surface area contributed by atoms with Crippen molar-refractivity contribution >= 4 is 23.6 Å². The van der Waals surface area contributed by atoms with Crippen LogP contribution in [0.1, 0.15) is 41.9 Å². The van der Waals surface area contributed by atoms with E-state index in [1.165, 1.54) is 24.3 Å². The third kappa shape index (κ3) is 5.29. The number of benzene rings is 1. The van der Waals surface area contributed by atoms with Crippen LogP contribution in [-0.4, -0.2) is 33.8 Å². The number of aromatic nitrogens is 2. The standard InChI is InChI=1S/C17H19FN4O3S/c18-12-7-5-11(6-8-12)16(24)19-9-15-21-22-17(25-15)26-10-14(23)20-13-3-1-2-4-13/h5-8,13H,1-4,9-10H2,(H,19,24)(H,20,23). The van der Waals surface area contributed by atoms with Crippen LogP contribution in [0, 0.1) is 5.82 Å². The summed E-state index contributed by atoms with van der Waals surface area (Å²) in [6.07, 6.45) is 4.40. The molecule has 1 aliphatic rings. The zero-order chi connectivity index (χ0) is 18.4. The Balaban J connectivity index is 1.41. The van der Waals surface area contributed by atoms with E-state index in [2.05, 4.69) is 20.8 Å². The third-order valence-electron chi connectivity index (χ3n) is 4.00. The molecule has 0 radical (unpaired) electrons. The van der Waals surface area contributed by atoms with Gasteiger partial charge in [0.05, 0.1) is 12.3 Å². The van der Waals surface area contributed by atoms with Gasteiger partial charge in [-0.05, 0) is 37.1 Å².